The maximum Gasteiger partial charge on any atom is 0.234 e. The molecule has 5 atom stereocenters. The second kappa shape index (κ2) is 5.62. The summed E-state index contributed by atoms with van der Waals surface area (Å²) in [7, 11) is 0. The van der Waals surface area contributed by atoms with Crippen molar-refractivity contribution in [1.82, 2.24) is 0 Å². The van der Waals surface area contributed by atoms with Crippen LogP contribution in [0, 0.1) is 0 Å². The van der Waals surface area contributed by atoms with Crippen molar-refractivity contribution in [2.24, 2.45) is 0 Å². The molecule has 3 N–H and O–H groups in total. The molecule has 100 valence electrons. The van der Waals surface area contributed by atoms with Gasteiger partial charge in [0.25, 0.3) is 0 Å². The predicted octanol–water partition coefficient (Wildman–Crippen LogP) is -0.158. The van der Waals surface area contributed by atoms with Gasteiger partial charge in [-0.15, -0.1) is 0 Å². The van der Waals surface area contributed by atoms with Gasteiger partial charge in [-0.25, -0.2) is 4.39 Å². The molecule has 0 radical (unpaired) electrons. The minimum absolute atomic E-state index is 0.380. The first-order chi connectivity index (χ1) is 8.63. The average molecular weight is 258 g/mol. The third-order valence-corrected chi connectivity index (χ3v) is 2.80. The summed E-state index contributed by atoms with van der Waals surface area (Å²) in [5.41, 5.74) is 0. The van der Waals surface area contributed by atoms with E-state index in [1.165, 1.54) is 0 Å². The first-order valence-electron chi connectivity index (χ1n) is 5.61. The summed E-state index contributed by atoms with van der Waals surface area (Å²) in [5.74, 6) is 0.380. The molecular weight excluding hydrogens is 243 g/mol. The fraction of sp³-hybridized carbons (Fsp3) is 0.500. The normalized spacial score (nSPS) is 36.3. The van der Waals surface area contributed by atoms with Crippen LogP contribution in [-0.2, 0) is 4.74 Å². The minimum Gasteiger partial charge on any atom is -0.462 e. The van der Waals surface area contributed by atoms with Crippen molar-refractivity contribution in [1.29, 1.82) is 0 Å². The zero-order chi connectivity index (χ0) is 13.1. The molecule has 1 heterocycles. The summed E-state index contributed by atoms with van der Waals surface area (Å²) in [6.07, 6.45) is -7.43. The monoisotopic (exact) mass is 258 g/mol. The van der Waals surface area contributed by atoms with Crippen LogP contribution in [-0.4, -0.2) is 52.7 Å². The Morgan fingerprint density at radius 3 is 2.44 bits per heavy atom. The molecule has 2 rings (SSSR count). The highest BCUT2D eigenvalue weighted by Crippen LogP contribution is 2.25. The molecule has 0 aromatic heterocycles. The van der Waals surface area contributed by atoms with Crippen molar-refractivity contribution in [2.75, 3.05) is 6.61 Å². The Morgan fingerprint density at radius 1 is 1.17 bits per heavy atom. The molecular formula is C12H15FO5. The van der Waals surface area contributed by atoms with E-state index < -0.39 is 37.4 Å². The number of hydrogen-bond acceptors (Lipinski definition) is 5. The first-order valence-corrected chi connectivity index (χ1v) is 5.61. The molecule has 18 heavy (non-hydrogen) atoms. The molecule has 6 heteroatoms. The fourth-order valence-electron chi connectivity index (χ4n) is 1.77. The van der Waals surface area contributed by atoms with Gasteiger partial charge in [0.15, 0.2) is 6.17 Å². The Hall–Kier alpha value is -1.21. The molecule has 0 saturated carbocycles. The summed E-state index contributed by atoms with van der Waals surface area (Å²) in [6.45, 7) is -0.528. The van der Waals surface area contributed by atoms with Gasteiger partial charge in [-0.3, -0.25) is 0 Å². The van der Waals surface area contributed by atoms with Gasteiger partial charge in [0.05, 0.1) is 6.61 Å². The fourth-order valence-corrected chi connectivity index (χ4v) is 1.77. The number of aliphatic hydroxyl groups is 3. The quantitative estimate of drug-likeness (QED) is 0.702. The predicted molar refractivity (Wildman–Crippen MR) is 59.7 cm³/mol. The third-order valence-electron chi connectivity index (χ3n) is 2.80. The number of ether oxygens (including phenoxy) is 2. The van der Waals surface area contributed by atoms with Gasteiger partial charge in [-0.1, -0.05) is 18.2 Å². The average Bonchev–Trinajstić information content (AvgIpc) is 2.40. The SMILES string of the molecule is OCC1O[C@H](Oc2ccccc2)C(F)[C@H](O)[C@@H]1O. The standard InChI is InChI=1S/C12H15FO5/c13-9-11(16)10(15)8(6-14)18-12(9)17-7-4-2-1-3-5-7/h1-5,8-12,14-16H,6H2/t8?,9?,10-,11+,12+/m1/s1. The molecule has 1 aromatic carbocycles. The molecule has 1 saturated heterocycles. The van der Waals surface area contributed by atoms with Crippen molar-refractivity contribution in [2.45, 2.75) is 30.8 Å². The highest BCUT2D eigenvalue weighted by atomic mass is 19.1. The number of alkyl halides is 1. The largest absolute Gasteiger partial charge is 0.462 e. The topological polar surface area (TPSA) is 79.2 Å². The van der Waals surface area contributed by atoms with E-state index in [2.05, 4.69) is 0 Å². The molecule has 0 aliphatic carbocycles. The van der Waals surface area contributed by atoms with Crippen LogP contribution in [0.15, 0.2) is 30.3 Å². The lowest BCUT2D eigenvalue weighted by molar-refractivity contribution is -0.261. The van der Waals surface area contributed by atoms with Gasteiger partial charge in [0.1, 0.15) is 24.1 Å². The Bertz CT molecular complexity index is 372. The summed E-state index contributed by atoms with van der Waals surface area (Å²) >= 11 is 0. The number of rotatable bonds is 3. The molecule has 5 nitrogen and oxygen atoms in total. The van der Waals surface area contributed by atoms with Crippen molar-refractivity contribution < 1.29 is 29.2 Å². The highest BCUT2D eigenvalue weighted by Gasteiger charge is 2.45. The molecule has 1 aliphatic heterocycles. The lowest BCUT2D eigenvalue weighted by Gasteiger charge is -2.38. The Morgan fingerprint density at radius 2 is 1.83 bits per heavy atom. The summed E-state index contributed by atoms with van der Waals surface area (Å²) in [6, 6.07) is 8.42. The van der Waals surface area contributed by atoms with E-state index in [9.17, 15) is 14.6 Å². The van der Waals surface area contributed by atoms with Crippen LogP contribution in [0.2, 0.25) is 0 Å². The molecule has 1 aliphatic rings. The first kappa shape index (κ1) is 13.2. The van der Waals surface area contributed by atoms with Gasteiger partial charge in [0.2, 0.25) is 6.29 Å². The van der Waals surface area contributed by atoms with Gasteiger partial charge in [0, 0.05) is 0 Å². The van der Waals surface area contributed by atoms with Crippen molar-refractivity contribution >= 4 is 0 Å². The van der Waals surface area contributed by atoms with Gasteiger partial charge >= 0.3 is 0 Å². The molecule has 1 aromatic rings. The Labute approximate surface area is 103 Å². The van der Waals surface area contributed by atoms with E-state index in [1.807, 2.05) is 0 Å². The van der Waals surface area contributed by atoms with E-state index in [0.717, 1.165) is 0 Å². The second-order valence-electron chi connectivity index (χ2n) is 4.08. The molecule has 2 unspecified atom stereocenters. The molecule has 0 bridgehead atoms. The number of halogens is 1. The van der Waals surface area contributed by atoms with E-state index in [4.69, 9.17) is 14.6 Å². The van der Waals surface area contributed by atoms with Crippen LogP contribution >= 0.6 is 0 Å². The lowest BCUT2D eigenvalue weighted by Crippen LogP contribution is -2.58. The van der Waals surface area contributed by atoms with Gasteiger partial charge in [-0.2, -0.15) is 0 Å². The second-order valence-corrected chi connectivity index (χ2v) is 4.08. The Balaban J connectivity index is 2.08. The van der Waals surface area contributed by atoms with E-state index >= 15 is 0 Å². The number of aliphatic hydroxyl groups excluding tert-OH is 3. The van der Waals surface area contributed by atoms with Crippen LogP contribution in [0.25, 0.3) is 0 Å². The number of para-hydroxylation sites is 1. The summed E-state index contributed by atoms with van der Waals surface area (Å²) in [5, 5.41) is 27.9. The maximum atomic E-state index is 13.7. The Kier molecular flexibility index (Phi) is 4.13. The molecule has 0 spiro atoms. The van der Waals surface area contributed by atoms with Crippen LogP contribution in [0.5, 0.6) is 5.75 Å². The van der Waals surface area contributed by atoms with Gasteiger partial charge in [-0.05, 0) is 12.1 Å². The van der Waals surface area contributed by atoms with E-state index in [0.29, 0.717) is 5.75 Å². The van der Waals surface area contributed by atoms with Crippen molar-refractivity contribution in [3.63, 3.8) is 0 Å². The minimum atomic E-state index is -1.89. The van der Waals surface area contributed by atoms with E-state index in [-0.39, 0.29) is 0 Å². The van der Waals surface area contributed by atoms with Crippen LogP contribution in [0.1, 0.15) is 0 Å². The zero-order valence-corrected chi connectivity index (χ0v) is 9.52. The summed E-state index contributed by atoms with van der Waals surface area (Å²) < 4.78 is 24.1. The number of hydrogen-bond donors (Lipinski definition) is 3. The van der Waals surface area contributed by atoms with E-state index in [1.54, 1.807) is 30.3 Å². The lowest BCUT2D eigenvalue weighted by atomic mass is 10.0. The number of benzene rings is 1. The zero-order valence-electron chi connectivity index (χ0n) is 9.52. The van der Waals surface area contributed by atoms with Crippen molar-refractivity contribution in [3.8, 4) is 5.75 Å². The van der Waals surface area contributed by atoms with Crippen LogP contribution < -0.4 is 4.74 Å². The third kappa shape index (κ3) is 2.62. The molecule has 1 fully saturated rings. The van der Waals surface area contributed by atoms with Crippen molar-refractivity contribution in [3.05, 3.63) is 30.3 Å². The van der Waals surface area contributed by atoms with Crippen LogP contribution in [0.4, 0.5) is 4.39 Å². The molecule has 0 amide bonds. The van der Waals surface area contributed by atoms with Crippen LogP contribution in [0.3, 0.4) is 0 Å². The maximum absolute atomic E-state index is 13.7. The van der Waals surface area contributed by atoms with Gasteiger partial charge < -0.3 is 24.8 Å². The highest BCUT2D eigenvalue weighted by molar-refractivity contribution is 5.21. The summed E-state index contributed by atoms with van der Waals surface area (Å²) in [4.78, 5) is 0. The smallest absolute Gasteiger partial charge is 0.234 e.